The number of benzene rings is 16. The minimum absolute atomic E-state index is 0.614. The van der Waals surface area contributed by atoms with Crippen molar-refractivity contribution in [3.8, 4) is 56.7 Å². The predicted molar refractivity (Wildman–Crippen MR) is 429 cm³/mol. The van der Waals surface area contributed by atoms with E-state index in [1.165, 1.54) is 74.7 Å². The maximum absolute atomic E-state index is 6.92. The van der Waals surface area contributed by atoms with E-state index < -0.39 is 0 Å². The van der Waals surface area contributed by atoms with Crippen molar-refractivity contribution in [1.29, 1.82) is 0 Å². The lowest BCUT2D eigenvalue weighted by Gasteiger charge is -2.12. The van der Waals surface area contributed by atoms with Crippen molar-refractivity contribution < 1.29 is 8.83 Å². The van der Waals surface area contributed by atoms with Crippen LogP contribution in [0.1, 0.15) is 0 Å². The first kappa shape index (κ1) is 57.3. The molecule has 0 aliphatic heterocycles. The summed E-state index contributed by atoms with van der Waals surface area (Å²) in [7, 11) is 0. The molecule has 0 spiro atoms. The van der Waals surface area contributed by atoms with Crippen molar-refractivity contribution in [3.63, 3.8) is 0 Å². The highest BCUT2D eigenvalue weighted by Crippen LogP contribution is 2.47. The number of hydrogen-bond acceptors (Lipinski definition) is 7. The Balaban J connectivity index is 0.000000133. The van der Waals surface area contributed by atoms with Gasteiger partial charge in [0, 0.05) is 85.2 Å². The Morgan fingerprint density at radius 2 is 0.650 bits per heavy atom. The van der Waals surface area contributed by atoms with Gasteiger partial charge in [0.2, 0.25) is 11.9 Å². The molecule has 0 saturated carbocycles. The predicted octanol–water partition coefficient (Wildman–Crippen LogP) is 25.7. The van der Waals surface area contributed by atoms with Gasteiger partial charge in [-0.05, 0) is 127 Å². The van der Waals surface area contributed by atoms with Gasteiger partial charge in [-0.1, -0.05) is 255 Å². The average molecular weight is 1330 g/mol. The van der Waals surface area contributed by atoms with Crippen LogP contribution in [0.25, 0.3) is 218 Å². The van der Waals surface area contributed by atoms with Crippen molar-refractivity contribution in [2.45, 2.75) is 0 Å². The third kappa shape index (κ3) is 8.83. The van der Waals surface area contributed by atoms with Crippen LogP contribution in [-0.2, 0) is 0 Å². The quantitative estimate of drug-likeness (QED) is 0.165. The first-order chi connectivity index (χ1) is 51.1. The topological polar surface area (TPSA) is 87.7 Å². The number of fused-ring (bicyclic) bond motifs is 25. The lowest BCUT2D eigenvalue weighted by Crippen LogP contribution is -2.03. The first-order valence-corrected chi connectivity index (χ1v) is 35.6. The standard InChI is InChI=1S/C52H29N3OS.C42H25N3O/c1-2-10-30(11-3-1)32-18-22-36-33(28-32)20-26-44-47(36)41-25-24-38-37-14-7-9-17-43(37)55(50(38)51(41)56-44)52-53-42-16-8-6-15-39(42)49(54-52)34-19-23-40-46(29-34)57-45-27-21-31-12-4-5-13-35(31)48(40)45;1-3-11-26(12-4-1)28-19-21-30-29(25-28)20-24-37-38(30)34-23-22-32-31-15-8-10-18-36(31)45(40(32)41(34)46-37)42-43-35-17-9-7-16-33(35)39(44-42)27-13-5-2-6-14-27/h1-29H;1-25H. The summed E-state index contributed by atoms with van der Waals surface area (Å²) in [5.41, 5.74) is 17.9. The Kier molecular flexibility index (Phi) is 12.5. The Hall–Kier alpha value is -13.6. The normalized spacial score (nSPS) is 12.1. The zero-order valence-corrected chi connectivity index (χ0v) is 55.9. The van der Waals surface area contributed by atoms with Crippen molar-refractivity contribution >= 4 is 173 Å². The summed E-state index contributed by atoms with van der Waals surface area (Å²) in [5, 5.41) is 20.7. The summed E-state index contributed by atoms with van der Waals surface area (Å²) in [5.74, 6) is 1.23. The van der Waals surface area contributed by atoms with Gasteiger partial charge in [-0.3, -0.25) is 9.13 Å². The highest BCUT2D eigenvalue weighted by atomic mass is 32.1. The number of thiophene rings is 1. The van der Waals surface area contributed by atoms with Crippen LogP contribution in [-0.4, -0.2) is 29.1 Å². The Bertz CT molecular complexity index is 7500. The molecule has 0 atom stereocenters. The minimum atomic E-state index is 0.614. The van der Waals surface area contributed by atoms with Crippen LogP contribution >= 0.6 is 11.3 Å². The fraction of sp³-hybridized carbons (Fsp3) is 0. The number of nitrogens with zero attached hydrogens (tertiary/aromatic N) is 6. The van der Waals surface area contributed by atoms with Gasteiger partial charge in [0.25, 0.3) is 0 Å². The van der Waals surface area contributed by atoms with E-state index in [2.05, 4.69) is 319 Å². The molecule has 7 heterocycles. The molecule has 23 rings (SSSR count). The largest absolute Gasteiger partial charge is 0.454 e. The van der Waals surface area contributed by atoms with Crippen molar-refractivity contribution in [2.75, 3.05) is 0 Å². The molecule has 0 amide bonds. The molecule has 0 aliphatic rings. The van der Waals surface area contributed by atoms with Crippen molar-refractivity contribution in [2.24, 2.45) is 0 Å². The SMILES string of the molecule is c1ccc(-c2ccc3c(ccc4oc5c(ccc6c7ccccc7n(-c7nc(-c8ccc9c(c8)sc8ccc%10ccccc%10c89)c8ccccc8n7)c65)c43)c2)cc1.c1ccc(-c2ccc3c(ccc4oc5c(ccc6c7ccccc7n(-c7nc(-c8ccccc8)c8ccccc8n7)c65)c43)c2)cc1. The number of hydrogen-bond donors (Lipinski definition) is 0. The zero-order valence-electron chi connectivity index (χ0n) is 55.1. The first-order valence-electron chi connectivity index (χ1n) is 34.7. The van der Waals surface area contributed by atoms with E-state index in [1.54, 1.807) is 0 Å². The molecule has 23 aromatic rings. The highest BCUT2D eigenvalue weighted by Gasteiger charge is 2.26. The fourth-order valence-corrected chi connectivity index (χ4v) is 17.5. The summed E-state index contributed by atoms with van der Waals surface area (Å²) in [6.45, 7) is 0. The summed E-state index contributed by atoms with van der Waals surface area (Å²) >= 11 is 1.84. The van der Waals surface area contributed by atoms with E-state index >= 15 is 0 Å². The molecule has 8 nitrogen and oxygen atoms in total. The summed E-state index contributed by atoms with van der Waals surface area (Å²) < 4.78 is 20.7. The van der Waals surface area contributed by atoms with Crippen LogP contribution in [0.5, 0.6) is 0 Å². The van der Waals surface area contributed by atoms with Gasteiger partial charge >= 0.3 is 0 Å². The molecular weight excluding hydrogens is 1280 g/mol. The van der Waals surface area contributed by atoms with Crippen molar-refractivity contribution in [1.82, 2.24) is 29.1 Å². The third-order valence-electron chi connectivity index (χ3n) is 21.0. The second-order valence-electron chi connectivity index (χ2n) is 26.7. The lowest BCUT2D eigenvalue weighted by atomic mass is 9.98. The molecule has 0 unspecified atom stereocenters. The van der Waals surface area contributed by atoms with Gasteiger partial charge in [0.15, 0.2) is 11.2 Å². The molecule has 7 aromatic heterocycles. The molecule has 9 heteroatoms. The highest BCUT2D eigenvalue weighted by molar-refractivity contribution is 7.26. The van der Waals surface area contributed by atoms with Crippen LogP contribution < -0.4 is 0 Å². The van der Waals surface area contributed by atoms with Crippen LogP contribution in [0.15, 0.2) is 336 Å². The van der Waals surface area contributed by atoms with E-state index in [9.17, 15) is 0 Å². The van der Waals surface area contributed by atoms with Gasteiger partial charge in [-0.25, -0.2) is 19.9 Å². The number of aromatic nitrogens is 6. The number of rotatable bonds is 6. The van der Waals surface area contributed by atoms with Gasteiger partial charge in [-0.2, -0.15) is 0 Å². The molecule has 103 heavy (non-hydrogen) atoms. The Labute approximate surface area is 591 Å². The second-order valence-corrected chi connectivity index (χ2v) is 27.8. The van der Waals surface area contributed by atoms with E-state index in [4.69, 9.17) is 28.8 Å². The smallest absolute Gasteiger partial charge is 0.235 e. The van der Waals surface area contributed by atoms with Gasteiger partial charge < -0.3 is 8.83 Å². The van der Waals surface area contributed by atoms with E-state index in [0.29, 0.717) is 11.9 Å². The van der Waals surface area contributed by atoms with Crippen molar-refractivity contribution in [3.05, 3.63) is 328 Å². The molecule has 0 aliphatic carbocycles. The summed E-state index contributed by atoms with van der Waals surface area (Å²) in [6, 6.07) is 116. The maximum Gasteiger partial charge on any atom is 0.235 e. The number of para-hydroxylation sites is 4. The van der Waals surface area contributed by atoms with E-state index in [-0.39, 0.29) is 0 Å². The molecule has 0 saturated heterocycles. The van der Waals surface area contributed by atoms with Gasteiger partial charge in [0.05, 0.1) is 33.5 Å². The van der Waals surface area contributed by atoms with Crippen LogP contribution in [0.3, 0.4) is 0 Å². The monoisotopic (exact) mass is 1330 g/mol. The average Bonchev–Trinajstić information content (AvgIpc) is 1.56. The summed E-state index contributed by atoms with van der Waals surface area (Å²) in [6.07, 6.45) is 0. The molecule has 0 fully saturated rings. The molecule has 0 bridgehead atoms. The zero-order chi connectivity index (χ0) is 67.4. The molecule has 478 valence electrons. The van der Waals surface area contributed by atoms with Gasteiger partial charge in [0.1, 0.15) is 22.2 Å². The van der Waals surface area contributed by atoms with Gasteiger partial charge in [-0.15, -0.1) is 11.3 Å². The Morgan fingerprint density at radius 1 is 0.243 bits per heavy atom. The lowest BCUT2D eigenvalue weighted by molar-refractivity contribution is 0.670. The van der Waals surface area contributed by atoms with Crippen LogP contribution in [0, 0.1) is 0 Å². The second kappa shape index (κ2) is 22.5. The number of furan rings is 2. The maximum atomic E-state index is 6.92. The van der Waals surface area contributed by atoms with E-state index in [1.807, 2.05) is 29.5 Å². The molecule has 16 aromatic carbocycles. The Morgan fingerprint density at radius 3 is 1.19 bits per heavy atom. The molecular formula is C94H54N6O2S. The minimum Gasteiger partial charge on any atom is -0.454 e. The fourth-order valence-electron chi connectivity index (χ4n) is 16.3. The van der Waals surface area contributed by atoms with Crippen LogP contribution in [0.4, 0.5) is 0 Å². The summed E-state index contributed by atoms with van der Waals surface area (Å²) in [4.78, 5) is 21.2. The third-order valence-corrected chi connectivity index (χ3v) is 22.1. The van der Waals surface area contributed by atoms with E-state index in [0.717, 1.165) is 132 Å². The van der Waals surface area contributed by atoms with Crippen LogP contribution in [0.2, 0.25) is 0 Å². The molecule has 0 N–H and O–H groups in total. The molecule has 0 radical (unpaired) electrons.